The van der Waals surface area contributed by atoms with E-state index in [-0.39, 0.29) is 25.8 Å². The average Bonchev–Trinajstić information content (AvgIpc) is 1.69. The summed E-state index contributed by atoms with van der Waals surface area (Å²) < 4.78 is 0. The zero-order valence-electron chi connectivity index (χ0n) is 4.31. The number of benzene rings is 1. The van der Waals surface area contributed by atoms with Crippen LogP contribution in [0.15, 0.2) is 24.3 Å². The fourth-order valence-corrected chi connectivity index (χ4v) is 0.470. The molecule has 0 aliphatic rings. The van der Waals surface area contributed by atoms with Crippen molar-refractivity contribution in [3.05, 3.63) is 35.9 Å². The van der Waals surface area contributed by atoms with E-state index in [1.54, 1.807) is 0 Å². The predicted octanol–water partition coefficient (Wildman–Crippen LogP) is 0.611. The SMILES string of the molecule is Cc1cc[c]cc1.[InH3]. The van der Waals surface area contributed by atoms with Crippen LogP contribution in [0.5, 0.6) is 0 Å². The summed E-state index contributed by atoms with van der Waals surface area (Å²) in [6.07, 6.45) is 0. The molecule has 0 atom stereocenters. The number of aryl methyl sites for hydroxylation is 1. The first-order valence-electron chi connectivity index (χ1n) is 2.32. The van der Waals surface area contributed by atoms with Crippen LogP contribution in [0.25, 0.3) is 0 Å². The molecular formula is C7H10In. The maximum absolute atomic E-state index is 2.93. The molecule has 0 aliphatic carbocycles. The summed E-state index contributed by atoms with van der Waals surface area (Å²) in [6, 6.07) is 10.8. The molecule has 0 heterocycles. The van der Waals surface area contributed by atoms with Gasteiger partial charge in [0.2, 0.25) is 0 Å². The molecular weight excluding hydrogens is 199 g/mol. The topological polar surface area (TPSA) is 0 Å². The molecule has 1 aromatic carbocycles. The van der Waals surface area contributed by atoms with Crippen LogP contribution < -0.4 is 0 Å². The third-order valence-electron chi connectivity index (χ3n) is 0.885. The molecule has 8 heavy (non-hydrogen) atoms. The van der Waals surface area contributed by atoms with Gasteiger partial charge in [-0.1, -0.05) is 29.8 Å². The summed E-state index contributed by atoms with van der Waals surface area (Å²) in [6.45, 7) is 2.06. The molecule has 0 saturated heterocycles. The Balaban J connectivity index is 0.000000490. The van der Waals surface area contributed by atoms with Crippen molar-refractivity contribution in [1.29, 1.82) is 0 Å². The molecule has 0 bridgehead atoms. The number of hydrogen-bond donors (Lipinski definition) is 0. The molecule has 1 aromatic rings. The molecule has 1 rings (SSSR count). The summed E-state index contributed by atoms with van der Waals surface area (Å²) in [5.74, 6) is 0. The van der Waals surface area contributed by atoms with Crippen LogP contribution in [0.4, 0.5) is 0 Å². The fourth-order valence-electron chi connectivity index (χ4n) is 0.470. The molecule has 0 nitrogen and oxygen atoms in total. The summed E-state index contributed by atoms with van der Waals surface area (Å²) in [7, 11) is 0. The van der Waals surface area contributed by atoms with Gasteiger partial charge < -0.3 is 0 Å². The van der Waals surface area contributed by atoms with Gasteiger partial charge in [-0.3, -0.25) is 0 Å². The average molecular weight is 209 g/mol. The van der Waals surface area contributed by atoms with Gasteiger partial charge in [-0.2, -0.15) is 0 Å². The molecule has 0 aromatic heterocycles. The molecule has 0 unspecified atom stereocenters. The molecule has 0 aliphatic heterocycles. The molecule has 41 valence electrons. The van der Waals surface area contributed by atoms with E-state index < -0.39 is 0 Å². The molecule has 0 spiro atoms. The predicted molar refractivity (Wildman–Crippen MR) is 40.0 cm³/mol. The minimum atomic E-state index is 0. The van der Waals surface area contributed by atoms with Crippen molar-refractivity contribution in [2.75, 3.05) is 0 Å². The van der Waals surface area contributed by atoms with Gasteiger partial charge in [0.1, 0.15) is 0 Å². The van der Waals surface area contributed by atoms with Crippen molar-refractivity contribution >= 4 is 25.8 Å². The van der Waals surface area contributed by atoms with E-state index in [9.17, 15) is 0 Å². The number of rotatable bonds is 0. The fraction of sp³-hybridized carbons (Fsp3) is 0.143. The zero-order valence-corrected chi connectivity index (χ0v) is 4.31. The molecule has 0 saturated carbocycles. The number of hydrogen-bond acceptors (Lipinski definition) is 0. The Morgan fingerprint density at radius 3 is 2.00 bits per heavy atom. The van der Waals surface area contributed by atoms with E-state index in [2.05, 4.69) is 13.0 Å². The van der Waals surface area contributed by atoms with Crippen LogP contribution in [0.3, 0.4) is 0 Å². The van der Waals surface area contributed by atoms with Crippen molar-refractivity contribution in [1.82, 2.24) is 0 Å². The first-order chi connectivity index (χ1) is 3.39. The third kappa shape index (κ3) is 2.41. The van der Waals surface area contributed by atoms with Gasteiger partial charge in [0.05, 0.1) is 0 Å². The van der Waals surface area contributed by atoms with Crippen LogP contribution in [0.2, 0.25) is 0 Å². The quantitative estimate of drug-likeness (QED) is 0.587. The Labute approximate surface area is 68.7 Å². The second-order valence-corrected chi connectivity index (χ2v) is 1.58. The van der Waals surface area contributed by atoms with Crippen LogP contribution in [-0.2, 0) is 0 Å². The maximum atomic E-state index is 2.93. The van der Waals surface area contributed by atoms with Crippen molar-refractivity contribution < 1.29 is 0 Å². The minimum absolute atomic E-state index is 0. The van der Waals surface area contributed by atoms with Crippen LogP contribution in [0, 0.1) is 13.0 Å². The van der Waals surface area contributed by atoms with E-state index in [0.29, 0.717) is 0 Å². The Hall–Kier alpha value is 0.0901. The molecule has 0 N–H and O–H groups in total. The van der Waals surface area contributed by atoms with E-state index in [1.165, 1.54) is 5.56 Å². The Bertz CT molecular complexity index is 134. The van der Waals surface area contributed by atoms with E-state index in [4.69, 9.17) is 0 Å². The molecule has 1 heteroatoms. The van der Waals surface area contributed by atoms with Crippen LogP contribution in [-0.4, -0.2) is 25.8 Å². The van der Waals surface area contributed by atoms with Gasteiger partial charge >= 0.3 is 25.8 Å². The van der Waals surface area contributed by atoms with Gasteiger partial charge in [0.15, 0.2) is 0 Å². The second kappa shape index (κ2) is 4.02. The van der Waals surface area contributed by atoms with Gasteiger partial charge in [0, 0.05) is 0 Å². The Kier molecular flexibility index (Phi) is 4.06. The summed E-state index contributed by atoms with van der Waals surface area (Å²) in [5, 5.41) is 0. The zero-order chi connectivity index (χ0) is 5.11. The van der Waals surface area contributed by atoms with Crippen molar-refractivity contribution in [3.8, 4) is 0 Å². The van der Waals surface area contributed by atoms with Crippen molar-refractivity contribution in [2.45, 2.75) is 6.92 Å². The third-order valence-corrected chi connectivity index (χ3v) is 0.885. The van der Waals surface area contributed by atoms with Gasteiger partial charge in [-0.05, 0) is 13.0 Å². The normalized spacial score (nSPS) is 7.62. The monoisotopic (exact) mass is 209 g/mol. The first kappa shape index (κ1) is 8.09. The van der Waals surface area contributed by atoms with Gasteiger partial charge in [-0.25, -0.2) is 0 Å². The summed E-state index contributed by atoms with van der Waals surface area (Å²) >= 11 is 0. The summed E-state index contributed by atoms with van der Waals surface area (Å²) in [5.41, 5.74) is 1.29. The standard InChI is InChI=1S/C7H7.In.3H/c1-7-5-3-2-4-6-7;;;;/h3-6H,1H3;;;;. The molecule has 1 radical (unpaired) electrons. The van der Waals surface area contributed by atoms with E-state index in [0.717, 1.165) is 0 Å². The van der Waals surface area contributed by atoms with Gasteiger partial charge in [-0.15, -0.1) is 0 Å². The van der Waals surface area contributed by atoms with E-state index >= 15 is 0 Å². The molecule has 0 amide bonds. The van der Waals surface area contributed by atoms with Crippen molar-refractivity contribution in [3.63, 3.8) is 0 Å². The second-order valence-electron chi connectivity index (χ2n) is 1.58. The van der Waals surface area contributed by atoms with E-state index in [1.807, 2.05) is 24.3 Å². The van der Waals surface area contributed by atoms with Gasteiger partial charge in [0.25, 0.3) is 0 Å². The summed E-state index contributed by atoms with van der Waals surface area (Å²) in [4.78, 5) is 0. The Morgan fingerprint density at radius 2 is 1.75 bits per heavy atom. The Morgan fingerprint density at radius 1 is 1.25 bits per heavy atom. The molecule has 0 fully saturated rings. The van der Waals surface area contributed by atoms with Crippen LogP contribution >= 0.6 is 0 Å². The van der Waals surface area contributed by atoms with Crippen LogP contribution in [0.1, 0.15) is 5.56 Å². The van der Waals surface area contributed by atoms with Crippen molar-refractivity contribution in [2.24, 2.45) is 0 Å². The first-order valence-corrected chi connectivity index (χ1v) is 2.32.